The summed E-state index contributed by atoms with van der Waals surface area (Å²) in [6.45, 7) is 4.61. The number of Topliss-reactive ketones (excluding diaryl/α,β-unsaturated/α-hetero) is 1. The molecule has 1 atom stereocenters. The molecule has 1 aliphatic carbocycles. The number of nitrogens with zero attached hydrogens (tertiary/aromatic N) is 2. The molecule has 9 nitrogen and oxygen atoms in total. The lowest BCUT2D eigenvalue weighted by atomic mass is 9.77. The van der Waals surface area contributed by atoms with Crippen LogP contribution in [0.2, 0.25) is 0 Å². The number of carbonyl (C=O) groups excluding carboxylic acids is 2. The van der Waals surface area contributed by atoms with Crippen LogP contribution in [0.15, 0.2) is 71.7 Å². The maximum atomic E-state index is 13.7. The Kier molecular flexibility index (Phi) is 8.48. The molecule has 2 heterocycles. The van der Waals surface area contributed by atoms with Crippen molar-refractivity contribution < 1.29 is 9.59 Å². The maximum Gasteiger partial charge on any atom is 0.274 e. The highest BCUT2D eigenvalue weighted by Gasteiger charge is 2.30. The fourth-order valence-corrected chi connectivity index (χ4v) is 6.44. The van der Waals surface area contributed by atoms with Gasteiger partial charge in [-0.05, 0) is 105 Å². The topological polar surface area (TPSA) is 139 Å². The lowest BCUT2D eigenvalue weighted by molar-refractivity contribution is -0.129. The first-order valence-corrected chi connectivity index (χ1v) is 15.6. The fraction of sp³-hybridized carbons (Fsp3) is 0.371. The Labute approximate surface area is 256 Å². The minimum absolute atomic E-state index is 0.0104. The number of amides is 1. The Morgan fingerprint density at radius 1 is 0.977 bits per heavy atom. The van der Waals surface area contributed by atoms with Crippen LogP contribution in [0.3, 0.4) is 0 Å². The molecule has 0 aliphatic heterocycles. The fourth-order valence-electron chi connectivity index (χ4n) is 6.44. The number of rotatable bonds is 10. The number of ketones is 1. The van der Waals surface area contributed by atoms with Gasteiger partial charge in [-0.25, -0.2) is 4.68 Å². The first-order valence-electron chi connectivity index (χ1n) is 15.6. The molecule has 1 aliphatic rings. The predicted octanol–water partition coefficient (Wildman–Crippen LogP) is 5.98. The smallest absolute Gasteiger partial charge is 0.274 e. The third-order valence-corrected chi connectivity index (χ3v) is 9.16. The number of carbonyl (C=O) groups is 2. The van der Waals surface area contributed by atoms with Crippen LogP contribution in [0.25, 0.3) is 32.9 Å². The minimum Gasteiger partial charge on any atom is -0.330 e. The monoisotopic (exact) mass is 592 g/mol. The van der Waals surface area contributed by atoms with E-state index in [0.717, 1.165) is 58.8 Å². The molecule has 5 N–H and O–H groups in total. The SMILES string of the molecule is CC(C)n1[nH]c2cc(-c3ccc(C[C@H](CC(=O)C4CCC(CN)CC4)C(=O)Nc4ccc5cn[nH]c5c4)cc3)ccc2c1=O. The van der Waals surface area contributed by atoms with E-state index in [0.29, 0.717) is 30.0 Å². The van der Waals surface area contributed by atoms with E-state index in [1.807, 2.05) is 74.5 Å². The van der Waals surface area contributed by atoms with Crippen molar-refractivity contribution in [2.45, 2.75) is 58.4 Å². The summed E-state index contributed by atoms with van der Waals surface area (Å²) in [5.41, 5.74) is 11.1. The quantitative estimate of drug-likeness (QED) is 0.158. The molecule has 1 fully saturated rings. The molecule has 0 spiro atoms. The van der Waals surface area contributed by atoms with E-state index in [9.17, 15) is 14.4 Å². The summed E-state index contributed by atoms with van der Waals surface area (Å²) in [4.78, 5) is 39.8. The number of aromatic nitrogens is 4. The third kappa shape index (κ3) is 6.24. The second kappa shape index (κ2) is 12.6. The molecule has 5 aromatic rings. The number of hydrogen-bond acceptors (Lipinski definition) is 5. The molecule has 228 valence electrons. The summed E-state index contributed by atoms with van der Waals surface area (Å²) in [5.74, 6) is -0.0259. The number of anilines is 1. The molecule has 0 bridgehead atoms. The second-order valence-corrected chi connectivity index (χ2v) is 12.5. The zero-order valence-electron chi connectivity index (χ0n) is 25.3. The van der Waals surface area contributed by atoms with Gasteiger partial charge < -0.3 is 11.1 Å². The standard InChI is InChI=1S/C35H40N6O3/c1-21(2)41-35(44)30-14-12-26(16-32(30)40-41)24-7-3-22(4-8-24)15-28(17-33(42)25-9-5-23(19-36)6-10-25)34(43)38-29-13-11-27-20-37-39-31(27)18-29/h3-4,7-8,11-14,16,18,20-21,23,25,28,40H,5-6,9-10,15,17,19,36H2,1-2H3,(H,37,39)(H,38,43)/t23?,25?,28-/m1/s1. The van der Waals surface area contributed by atoms with Crippen molar-refractivity contribution in [3.05, 3.63) is 82.8 Å². The van der Waals surface area contributed by atoms with E-state index in [2.05, 4.69) is 20.6 Å². The highest BCUT2D eigenvalue weighted by Crippen LogP contribution is 2.31. The molecule has 9 heteroatoms. The maximum absolute atomic E-state index is 13.7. The van der Waals surface area contributed by atoms with Crippen molar-refractivity contribution in [2.75, 3.05) is 11.9 Å². The highest BCUT2D eigenvalue weighted by atomic mass is 16.2. The van der Waals surface area contributed by atoms with Crippen molar-refractivity contribution in [3.8, 4) is 11.1 Å². The van der Waals surface area contributed by atoms with Gasteiger partial charge in [0.1, 0.15) is 5.78 Å². The average Bonchev–Trinajstić information content (AvgIpc) is 3.64. The van der Waals surface area contributed by atoms with Crippen LogP contribution in [0.4, 0.5) is 5.69 Å². The highest BCUT2D eigenvalue weighted by molar-refractivity contribution is 5.97. The Hall–Kier alpha value is -4.50. The lowest BCUT2D eigenvalue weighted by Gasteiger charge is -2.27. The van der Waals surface area contributed by atoms with E-state index < -0.39 is 5.92 Å². The normalized spacial score (nSPS) is 17.7. The van der Waals surface area contributed by atoms with Crippen molar-refractivity contribution in [1.29, 1.82) is 0 Å². The van der Waals surface area contributed by atoms with Crippen LogP contribution in [-0.2, 0) is 16.0 Å². The molecule has 0 saturated heterocycles. The molecular formula is C35H40N6O3. The summed E-state index contributed by atoms with van der Waals surface area (Å²) in [6, 6.07) is 19.6. The molecule has 2 aromatic heterocycles. The Balaban J connectivity index is 1.20. The molecule has 0 radical (unpaired) electrons. The summed E-state index contributed by atoms with van der Waals surface area (Å²) >= 11 is 0. The predicted molar refractivity (Wildman–Crippen MR) is 174 cm³/mol. The van der Waals surface area contributed by atoms with Crippen molar-refractivity contribution in [1.82, 2.24) is 20.0 Å². The molecule has 1 amide bonds. The summed E-state index contributed by atoms with van der Waals surface area (Å²) in [7, 11) is 0. The van der Waals surface area contributed by atoms with E-state index >= 15 is 0 Å². The zero-order valence-corrected chi connectivity index (χ0v) is 25.3. The van der Waals surface area contributed by atoms with Gasteiger partial charge in [-0.3, -0.25) is 24.6 Å². The largest absolute Gasteiger partial charge is 0.330 e. The average molecular weight is 593 g/mol. The van der Waals surface area contributed by atoms with E-state index in [-0.39, 0.29) is 35.6 Å². The number of hydrogen-bond donors (Lipinski definition) is 4. The summed E-state index contributed by atoms with van der Waals surface area (Å²) in [6.07, 6.45) is 6.02. The Morgan fingerprint density at radius 2 is 1.73 bits per heavy atom. The van der Waals surface area contributed by atoms with Crippen LogP contribution in [-0.4, -0.2) is 38.2 Å². The Morgan fingerprint density at radius 3 is 2.45 bits per heavy atom. The molecule has 0 unspecified atom stereocenters. The van der Waals surface area contributed by atoms with Crippen LogP contribution in [0.5, 0.6) is 0 Å². The summed E-state index contributed by atoms with van der Waals surface area (Å²) in [5, 5.41) is 14.9. The van der Waals surface area contributed by atoms with Gasteiger partial charge >= 0.3 is 0 Å². The van der Waals surface area contributed by atoms with Crippen LogP contribution < -0.4 is 16.6 Å². The third-order valence-electron chi connectivity index (χ3n) is 9.16. The van der Waals surface area contributed by atoms with Crippen LogP contribution in [0.1, 0.15) is 57.6 Å². The van der Waals surface area contributed by atoms with Gasteiger partial charge in [-0.15, -0.1) is 0 Å². The number of fused-ring (bicyclic) bond motifs is 2. The molecule has 3 aromatic carbocycles. The lowest BCUT2D eigenvalue weighted by Crippen LogP contribution is -2.31. The number of H-pyrrole nitrogens is 2. The molecule has 6 rings (SSSR count). The van der Waals surface area contributed by atoms with Gasteiger partial charge in [0.15, 0.2) is 0 Å². The zero-order chi connectivity index (χ0) is 30.8. The van der Waals surface area contributed by atoms with Gasteiger partial charge in [-0.1, -0.05) is 30.3 Å². The van der Waals surface area contributed by atoms with Gasteiger partial charge in [-0.2, -0.15) is 5.10 Å². The Bertz CT molecular complexity index is 1840. The number of nitrogens with two attached hydrogens (primary N) is 1. The first kappa shape index (κ1) is 29.6. The molecular weight excluding hydrogens is 552 g/mol. The van der Waals surface area contributed by atoms with Gasteiger partial charge in [0, 0.05) is 35.4 Å². The van der Waals surface area contributed by atoms with Crippen molar-refractivity contribution in [3.63, 3.8) is 0 Å². The first-order chi connectivity index (χ1) is 21.3. The number of benzene rings is 3. The second-order valence-electron chi connectivity index (χ2n) is 12.5. The number of aromatic amines is 2. The van der Waals surface area contributed by atoms with Gasteiger partial charge in [0.25, 0.3) is 5.56 Å². The molecule has 44 heavy (non-hydrogen) atoms. The number of nitrogens with one attached hydrogen (secondary N) is 3. The van der Waals surface area contributed by atoms with E-state index in [1.165, 1.54) is 0 Å². The van der Waals surface area contributed by atoms with Crippen molar-refractivity contribution in [2.24, 2.45) is 23.5 Å². The van der Waals surface area contributed by atoms with Crippen LogP contribution >= 0.6 is 0 Å². The molecule has 1 saturated carbocycles. The minimum atomic E-state index is -0.504. The van der Waals surface area contributed by atoms with Crippen LogP contribution in [0, 0.1) is 17.8 Å². The van der Waals surface area contributed by atoms with E-state index in [4.69, 9.17) is 5.73 Å². The van der Waals surface area contributed by atoms with E-state index in [1.54, 1.807) is 10.9 Å². The van der Waals surface area contributed by atoms with Gasteiger partial charge in [0.2, 0.25) is 5.91 Å². The van der Waals surface area contributed by atoms with Gasteiger partial charge in [0.05, 0.1) is 22.6 Å². The van der Waals surface area contributed by atoms with Crippen molar-refractivity contribution >= 4 is 39.2 Å². The summed E-state index contributed by atoms with van der Waals surface area (Å²) < 4.78 is 1.64.